The van der Waals surface area contributed by atoms with Crippen LogP contribution >= 0.6 is 0 Å². The van der Waals surface area contributed by atoms with Crippen molar-refractivity contribution in [2.24, 2.45) is 11.8 Å². The molecule has 0 unspecified atom stereocenters. The quantitative estimate of drug-likeness (QED) is 0.658. The summed E-state index contributed by atoms with van der Waals surface area (Å²) in [7, 11) is 2.29. The molecule has 24 heavy (non-hydrogen) atoms. The molecule has 0 amide bonds. The lowest BCUT2D eigenvalue weighted by molar-refractivity contribution is -0.170. The summed E-state index contributed by atoms with van der Waals surface area (Å²) in [5.74, 6) is -6.06. The van der Waals surface area contributed by atoms with E-state index in [4.69, 9.17) is 9.47 Å². The summed E-state index contributed by atoms with van der Waals surface area (Å²) in [6.07, 6.45) is -0.385. The fraction of sp³-hybridized carbons (Fsp3) is 0.471. The zero-order chi connectivity index (χ0) is 18.1. The third kappa shape index (κ3) is 3.17. The zero-order valence-corrected chi connectivity index (χ0v) is 13.6. The number of carbonyl (C=O) groups excluding carboxylic acids is 3. The van der Waals surface area contributed by atoms with E-state index in [2.05, 4.69) is 0 Å². The summed E-state index contributed by atoms with van der Waals surface area (Å²) < 4.78 is 22.7. The second-order valence-corrected chi connectivity index (χ2v) is 6.08. The van der Waals surface area contributed by atoms with Crippen LogP contribution in [0.5, 0.6) is 0 Å². The third-order valence-corrected chi connectivity index (χ3v) is 4.43. The Morgan fingerprint density at radius 2 is 1.71 bits per heavy atom. The fourth-order valence-electron chi connectivity index (χ4n) is 3.35. The van der Waals surface area contributed by atoms with E-state index in [9.17, 15) is 23.9 Å². The van der Waals surface area contributed by atoms with Crippen molar-refractivity contribution in [2.75, 3.05) is 14.2 Å². The summed E-state index contributed by atoms with van der Waals surface area (Å²) in [5, 5.41) is 10.6. The predicted octanol–water partition coefficient (Wildman–Crippen LogP) is 1.21. The van der Waals surface area contributed by atoms with E-state index in [0.717, 1.165) is 26.4 Å². The molecule has 1 N–H and O–H groups in total. The number of Topliss-reactive ketones (excluding diaryl/α,β-unsaturated/α-hetero) is 1. The van der Waals surface area contributed by atoms with Gasteiger partial charge in [-0.15, -0.1) is 0 Å². The molecule has 4 atom stereocenters. The van der Waals surface area contributed by atoms with Gasteiger partial charge in [-0.2, -0.15) is 0 Å². The predicted molar refractivity (Wildman–Crippen MR) is 80.4 cm³/mol. The van der Waals surface area contributed by atoms with Gasteiger partial charge in [0.2, 0.25) is 0 Å². The van der Waals surface area contributed by atoms with Crippen molar-refractivity contribution in [3.63, 3.8) is 0 Å². The van der Waals surface area contributed by atoms with Gasteiger partial charge in [0.25, 0.3) is 0 Å². The first-order valence-electron chi connectivity index (χ1n) is 7.39. The number of hydrogen-bond acceptors (Lipinski definition) is 6. The molecule has 1 saturated carbocycles. The van der Waals surface area contributed by atoms with E-state index in [1.807, 2.05) is 0 Å². The molecule has 0 saturated heterocycles. The van der Waals surface area contributed by atoms with Crippen LogP contribution in [0.3, 0.4) is 0 Å². The molecule has 1 fully saturated rings. The van der Waals surface area contributed by atoms with Crippen molar-refractivity contribution >= 4 is 17.7 Å². The molecule has 6 nitrogen and oxygen atoms in total. The Labute approximate surface area is 138 Å². The van der Waals surface area contributed by atoms with Crippen LogP contribution in [0.15, 0.2) is 24.3 Å². The molecule has 0 aliphatic heterocycles. The lowest BCUT2D eigenvalue weighted by Crippen LogP contribution is -2.55. The van der Waals surface area contributed by atoms with Crippen LogP contribution in [-0.4, -0.2) is 42.6 Å². The van der Waals surface area contributed by atoms with Gasteiger partial charge in [-0.3, -0.25) is 14.4 Å². The van der Waals surface area contributed by atoms with Gasteiger partial charge in [-0.1, -0.05) is 12.1 Å². The highest BCUT2D eigenvalue weighted by atomic mass is 19.1. The van der Waals surface area contributed by atoms with Crippen molar-refractivity contribution in [2.45, 2.75) is 24.9 Å². The zero-order valence-electron chi connectivity index (χ0n) is 13.6. The van der Waals surface area contributed by atoms with E-state index in [-0.39, 0.29) is 6.42 Å². The second kappa shape index (κ2) is 6.68. The molecule has 7 heteroatoms. The Hall–Kier alpha value is -2.28. The molecule has 1 aromatic rings. The summed E-state index contributed by atoms with van der Waals surface area (Å²) in [6, 6.07) is 5.07. The Kier molecular flexibility index (Phi) is 5.03. The molecule has 0 aromatic heterocycles. The number of methoxy groups -OCH3 is 2. The largest absolute Gasteiger partial charge is 0.469 e. The number of aliphatic hydroxyl groups is 1. The van der Waals surface area contributed by atoms with E-state index in [1.165, 1.54) is 19.1 Å². The number of rotatable bonds is 3. The van der Waals surface area contributed by atoms with Crippen LogP contribution in [0.1, 0.15) is 24.8 Å². The van der Waals surface area contributed by atoms with Crippen molar-refractivity contribution < 1.29 is 33.4 Å². The molecule has 2 rings (SSSR count). The Balaban J connectivity index is 2.63. The Bertz CT molecular complexity index is 652. The molecule has 0 spiro atoms. The minimum Gasteiger partial charge on any atom is -0.469 e. The maximum absolute atomic E-state index is 13.2. The molecule has 130 valence electrons. The minimum absolute atomic E-state index is 0.371. The second-order valence-electron chi connectivity index (χ2n) is 6.08. The van der Waals surface area contributed by atoms with Crippen LogP contribution < -0.4 is 0 Å². The SMILES string of the molecule is COC(=O)[C@@H]1C(=O)C[C@](C)(O)[C@H](C(=O)OC)[C@@H]1c1ccc(F)cc1. The number of halogens is 1. The molecular formula is C17H19FO6. The number of hydrogen-bond donors (Lipinski definition) is 1. The molecule has 1 aliphatic carbocycles. The van der Waals surface area contributed by atoms with Crippen LogP contribution in [0.25, 0.3) is 0 Å². The van der Waals surface area contributed by atoms with Gasteiger partial charge in [0.15, 0.2) is 5.78 Å². The molecule has 0 radical (unpaired) electrons. The maximum atomic E-state index is 13.2. The van der Waals surface area contributed by atoms with Gasteiger partial charge in [-0.25, -0.2) is 4.39 Å². The lowest BCUT2D eigenvalue weighted by atomic mass is 9.62. The van der Waals surface area contributed by atoms with E-state index >= 15 is 0 Å². The highest BCUT2D eigenvalue weighted by Gasteiger charge is 2.56. The van der Waals surface area contributed by atoms with Gasteiger partial charge >= 0.3 is 11.9 Å². The topological polar surface area (TPSA) is 89.9 Å². The van der Waals surface area contributed by atoms with Crippen LogP contribution in [0, 0.1) is 17.7 Å². The summed E-state index contributed by atoms with van der Waals surface area (Å²) in [5.41, 5.74) is -1.33. The monoisotopic (exact) mass is 338 g/mol. The third-order valence-electron chi connectivity index (χ3n) is 4.43. The maximum Gasteiger partial charge on any atom is 0.316 e. The first-order chi connectivity index (χ1) is 11.2. The number of esters is 2. The molecule has 1 aliphatic rings. The molecule has 1 aromatic carbocycles. The van der Waals surface area contributed by atoms with Crippen LogP contribution in [-0.2, 0) is 23.9 Å². The van der Waals surface area contributed by atoms with Gasteiger partial charge in [-0.05, 0) is 24.6 Å². The lowest BCUT2D eigenvalue weighted by Gasteiger charge is -2.43. The van der Waals surface area contributed by atoms with Gasteiger partial charge in [0.1, 0.15) is 11.7 Å². The molecule has 0 bridgehead atoms. The number of ether oxygens (including phenoxy) is 2. The first kappa shape index (κ1) is 18.1. The van der Waals surface area contributed by atoms with Crippen molar-refractivity contribution in [3.8, 4) is 0 Å². The Morgan fingerprint density at radius 1 is 1.17 bits per heavy atom. The standard InChI is InChI=1S/C17H19FO6/c1-17(22)8-11(19)13(15(20)23-2)12(14(17)16(21)24-3)9-4-6-10(18)7-5-9/h4-7,12-14,22H,8H2,1-3H3/t12-,13-,14+,17+/m1/s1. The number of ketones is 1. The fourth-order valence-corrected chi connectivity index (χ4v) is 3.35. The van der Waals surface area contributed by atoms with E-state index in [0.29, 0.717) is 5.56 Å². The van der Waals surface area contributed by atoms with E-state index in [1.54, 1.807) is 0 Å². The molecule has 0 heterocycles. The van der Waals surface area contributed by atoms with Crippen LogP contribution in [0.2, 0.25) is 0 Å². The van der Waals surface area contributed by atoms with Crippen molar-refractivity contribution in [3.05, 3.63) is 35.6 Å². The van der Waals surface area contributed by atoms with Crippen LogP contribution in [0.4, 0.5) is 4.39 Å². The highest BCUT2D eigenvalue weighted by molar-refractivity contribution is 6.02. The van der Waals surface area contributed by atoms with Gasteiger partial charge < -0.3 is 14.6 Å². The first-order valence-corrected chi connectivity index (χ1v) is 7.39. The molecular weight excluding hydrogens is 319 g/mol. The van der Waals surface area contributed by atoms with Gasteiger partial charge in [0.05, 0.1) is 25.7 Å². The number of carbonyl (C=O) groups is 3. The van der Waals surface area contributed by atoms with Crippen molar-refractivity contribution in [1.82, 2.24) is 0 Å². The highest BCUT2D eigenvalue weighted by Crippen LogP contribution is 2.46. The van der Waals surface area contributed by atoms with E-state index < -0.39 is 46.9 Å². The minimum atomic E-state index is -1.70. The average Bonchev–Trinajstić information content (AvgIpc) is 2.53. The summed E-state index contributed by atoms with van der Waals surface area (Å²) >= 11 is 0. The average molecular weight is 338 g/mol. The van der Waals surface area contributed by atoms with Crippen molar-refractivity contribution in [1.29, 1.82) is 0 Å². The number of benzene rings is 1. The Morgan fingerprint density at radius 3 is 2.21 bits per heavy atom. The smallest absolute Gasteiger partial charge is 0.316 e. The summed E-state index contributed by atoms with van der Waals surface area (Å²) in [4.78, 5) is 36.9. The normalized spacial score (nSPS) is 29.9. The van der Waals surface area contributed by atoms with Gasteiger partial charge in [0, 0.05) is 12.3 Å². The summed E-state index contributed by atoms with van der Waals surface area (Å²) in [6.45, 7) is 1.34.